The van der Waals surface area contributed by atoms with Crippen molar-refractivity contribution in [3.05, 3.63) is 71.3 Å². The van der Waals surface area contributed by atoms with Crippen LogP contribution in [-0.4, -0.2) is 15.7 Å². The van der Waals surface area contributed by atoms with Gasteiger partial charge in [0.05, 0.1) is 0 Å². The smallest absolute Gasteiger partial charge is 0.0991 e. The van der Waals surface area contributed by atoms with E-state index in [1.54, 1.807) is 0 Å². The third-order valence-electron chi connectivity index (χ3n) is 6.34. The van der Waals surface area contributed by atoms with Crippen molar-refractivity contribution in [2.75, 3.05) is 0 Å². The van der Waals surface area contributed by atoms with Gasteiger partial charge in [-0.1, -0.05) is 76.8 Å². The van der Waals surface area contributed by atoms with Crippen LogP contribution >= 0.6 is 0 Å². The number of hydrogen-bond acceptors (Lipinski definition) is 0. The second kappa shape index (κ2) is 6.23. The van der Waals surface area contributed by atoms with Gasteiger partial charge < -0.3 is 0 Å². The summed E-state index contributed by atoms with van der Waals surface area (Å²) in [5.41, 5.74) is 5.85. The Morgan fingerprint density at radius 2 is 1.35 bits per heavy atom. The highest BCUT2D eigenvalue weighted by Crippen LogP contribution is 2.55. The van der Waals surface area contributed by atoms with E-state index in [0.29, 0.717) is 11.8 Å². The van der Waals surface area contributed by atoms with E-state index in [4.69, 9.17) is 0 Å². The number of hydrogen-bond donors (Lipinski definition) is 0. The Balaban J connectivity index is 2.98. The number of allylic oxidation sites excluding steroid dienone is 5. The van der Waals surface area contributed by atoms with E-state index in [1.165, 1.54) is 22.3 Å². The molecule has 0 aromatic heterocycles. The maximum absolute atomic E-state index is 3.99. The second-order valence-electron chi connectivity index (χ2n) is 7.78. The van der Waals surface area contributed by atoms with Crippen molar-refractivity contribution in [1.82, 2.24) is 0 Å². The fraction of sp³-hybridized carbons (Fsp3) is 0.429. The molecule has 2 unspecified atom stereocenters. The molecule has 0 amide bonds. The van der Waals surface area contributed by atoms with Crippen LogP contribution in [0, 0.1) is 11.8 Å². The van der Waals surface area contributed by atoms with Gasteiger partial charge >= 0.3 is 0 Å². The Kier molecular flexibility index (Phi) is 4.85. The van der Waals surface area contributed by atoms with Crippen LogP contribution in [0.2, 0.25) is 0 Å². The van der Waals surface area contributed by atoms with Crippen molar-refractivity contribution in [3.63, 3.8) is 0 Å². The highest BCUT2D eigenvalue weighted by atomic mass is 14.5. The van der Waals surface area contributed by atoms with E-state index < -0.39 is 0 Å². The maximum atomic E-state index is 3.99. The second-order valence-corrected chi connectivity index (χ2v) is 7.78. The first-order valence-electron chi connectivity index (χ1n) is 8.86. The van der Waals surface area contributed by atoms with Gasteiger partial charge in [0, 0.05) is 0 Å². The predicted octanol–water partition coefficient (Wildman–Crippen LogP) is 3.73. The van der Waals surface area contributed by atoms with Gasteiger partial charge in [-0.3, -0.25) is 0 Å². The molecule has 0 saturated heterocycles. The van der Waals surface area contributed by atoms with E-state index in [-0.39, 0.29) is 10.6 Å². The van der Waals surface area contributed by atoms with Crippen molar-refractivity contribution >= 4 is 15.7 Å². The lowest BCUT2D eigenvalue weighted by atomic mass is 9.39. The Morgan fingerprint density at radius 3 is 1.70 bits per heavy atom. The van der Waals surface area contributed by atoms with Gasteiger partial charge in [-0.25, -0.2) is 0 Å². The van der Waals surface area contributed by atoms with Crippen LogP contribution in [0.5, 0.6) is 0 Å². The predicted molar refractivity (Wildman–Crippen MR) is 109 cm³/mol. The molecule has 120 valence electrons. The zero-order valence-corrected chi connectivity index (χ0v) is 15.9. The van der Waals surface area contributed by atoms with Crippen LogP contribution in [-0.2, 0) is 10.6 Å². The van der Waals surface area contributed by atoms with Gasteiger partial charge in [-0.2, -0.15) is 0 Å². The van der Waals surface area contributed by atoms with Gasteiger partial charge in [0.15, 0.2) is 0 Å². The summed E-state index contributed by atoms with van der Waals surface area (Å²) in [6.07, 6.45) is 6.52. The van der Waals surface area contributed by atoms with Crippen molar-refractivity contribution in [2.45, 2.75) is 45.2 Å². The van der Waals surface area contributed by atoms with Gasteiger partial charge in [-0.15, -0.1) is 0 Å². The Labute approximate surface area is 144 Å². The Morgan fingerprint density at radius 1 is 0.913 bits per heavy atom. The Hall–Kier alpha value is -1.43. The molecule has 0 nitrogen and oxygen atoms in total. The molecule has 1 aliphatic carbocycles. The van der Waals surface area contributed by atoms with Gasteiger partial charge in [0.2, 0.25) is 0 Å². The largest absolute Gasteiger partial charge is 0.121 e. The lowest BCUT2D eigenvalue weighted by molar-refractivity contribution is 0.421. The highest BCUT2D eigenvalue weighted by molar-refractivity contribution is 6.24. The molecule has 0 fully saturated rings. The summed E-state index contributed by atoms with van der Waals surface area (Å²) in [7, 11) is 4.80. The van der Waals surface area contributed by atoms with E-state index in [0.717, 1.165) is 0 Å². The third-order valence-corrected chi connectivity index (χ3v) is 6.34. The van der Waals surface area contributed by atoms with Crippen LogP contribution < -0.4 is 0 Å². The highest BCUT2D eigenvalue weighted by Gasteiger charge is 2.49. The molecule has 1 aromatic rings. The number of fused-ring (bicyclic) bond motifs is 1. The molecule has 2 heteroatoms. The summed E-state index contributed by atoms with van der Waals surface area (Å²) in [5, 5.41) is 0.0512. The number of benzene rings is 1. The summed E-state index contributed by atoms with van der Waals surface area (Å²) >= 11 is 0. The van der Waals surface area contributed by atoms with Crippen LogP contribution in [0.25, 0.3) is 0 Å². The molecule has 0 aliphatic heterocycles. The summed E-state index contributed by atoms with van der Waals surface area (Å²) in [6, 6.07) is 9.05. The van der Waals surface area contributed by atoms with Crippen LogP contribution in [0.4, 0.5) is 0 Å². The average Bonchev–Trinajstić information content (AvgIpc) is 2.52. The molecule has 0 heterocycles. The molecule has 1 aromatic carbocycles. The first kappa shape index (κ1) is 17.9. The molecule has 0 bridgehead atoms. The van der Waals surface area contributed by atoms with Gasteiger partial charge in [0.25, 0.3) is 0 Å². The fourth-order valence-corrected chi connectivity index (χ4v) is 4.32. The Bertz CT molecular complexity index is 666. The summed E-state index contributed by atoms with van der Waals surface area (Å²) in [4.78, 5) is 0. The average molecular weight is 304 g/mol. The van der Waals surface area contributed by atoms with Crippen molar-refractivity contribution in [3.8, 4) is 0 Å². The standard InChI is InChI=1S/C21H30B2/c1-7-11-17-16(8-2)20(22,14(3)4)18-12-9-10-13-19(18)21(17,23)15(5)6/h7-15H,1,22-23H2,2-6H3/b16-8+,17-11+. The van der Waals surface area contributed by atoms with Crippen molar-refractivity contribution in [2.24, 2.45) is 11.8 Å². The minimum Gasteiger partial charge on any atom is -0.0991 e. The lowest BCUT2D eigenvalue weighted by Gasteiger charge is -2.53. The quantitative estimate of drug-likeness (QED) is 0.747. The molecule has 2 atom stereocenters. The molecular formula is C21H30B2. The number of rotatable bonds is 3. The van der Waals surface area contributed by atoms with Crippen LogP contribution in [0.15, 0.2) is 60.2 Å². The minimum atomic E-state index is 0.0149. The first-order chi connectivity index (χ1) is 10.8. The van der Waals surface area contributed by atoms with E-state index in [9.17, 15) is 0 Å². The summed E-state index contributed by atoms with van der Waals surface area (Å²) < 4.78 is 0. The summed E-state index contributed by atoms with van der Waals surface area (Å²) in [5.74, 6) is 1.04. The van der Waals surface area contributed by atoms with E-state index in [1.807, 2.05) is 6.08 Å². The van der Waals surface area contributed by atoms with Crippen molar-refractivity contribution in [1.29, 1.82) is 0 Å². The molecule has 1 aliphatic rings. The SMILES string of the molecule is BC1(C(C)C)C(=C/C)/C(=C\C=C)C(B)(C(C)C)c2ccccc21. The molecule has 2 rings (SSSR count). The van der Waals surface area contributed by atoms with Crippen LogP contribution in [0.1, 0.15) is 45.7 Å². The molecule has 0 spiro atoms. The van der Waals surface area contributed by atoms with Gasteiger partial charge in [-0.05, 0) is 51.7 Å². The van der Waals surface area contributed by atoms with E-state index >= 15 is 0 Å². The van der Waals surface area contributed by atoms with E-state index in [2.05, 4.69) is 93.3 Å². The molecule has 0 N–H and O–H groups in total. The molecule has 0 radical (unpaired) electrons. The molecule has 0 saturated carbocycles. The zero-order valence-electron chi connectivity index (χ0n) is 15.9. The monoisotopic (exact) mass is 304 g/mol. The third kappa shape index (κ3) is 2.38. The topological polar surface area (TPSA) is 0 Å². The zero-order chi connectivity index (χ0) is 17.4. The lowest BCUT2D eigenvalue weighted by Crippen LogP contribution is -2.50. The van der Waals surface area contributed by atoms with Crippen molar-refractivity contribution < 1.29 is 0 Å². The minimum absolute atomic E-state index is 0.0149. The summed E-state index contributed by atoms with van der Waals surface area (Å²) in [6.45, 7) is 15.5. The van der Waals surface area contributed by atoms with Crippen LogP contribution in [0.3, 0.4) is 0 Å². The van der Waals surface area contributed by atoms with Gasteiger partial charge in [0.1, 0.15) is 15.7 Å². The normalized spacial score (nSPS) is 30.9. The molecular weight excluding hydrogens is 274 g/mol. The first-order valence-corrected chi connectivity index (χ1v) is 8.86. The fourth-order valence-electron chi connectivity index (χ4n) is 4.32. The molecule has 23 heavy (non-hydrogen) atoms. The maximum Gasteiger partial charge on any atom is 0.121 e.